The molecule has 14 heavy (non-hydrogen) atoms. The smallest absolute Gasteiger partial charge is 0.170 e. The molecule has 2 heteroatoms. The molecule has 0 saturated heterocycles. The lowest BCUT2D eigenvalue weighted by atomic mass is 10.0. The van der Waals surface area contributed by atoms with Gasteiger partial charge in [0, 0.05) is 6.92 Å². The molecule has 0 amide bonds. The topological polar surface area (TPSA) is 29.4 Å². The monoisotopic (exact) mass is 189 g/mol. The van der Waals surface area contributed by atoms with Crippen molar-refractivity contribution in [2.75, 3.05) is 0 Å². The molecule has 1 rings (SSSR count). The van der Waals surface area contributed by atoms with E-state index >= 15 is 0 Å². The van der Waals surface area contributed by atoms with Gasteiger partial charge in [0.05, 0.1) is 11.9 Å². The first-order valence-electron chi connectivity index (χ1n) is 4.63. The zero-order chi connectivity index (χ0) is 10.7. The number of rotatable bonds is 2. The molecule has 1 aromatic rings. The van der Waals surface area contributed by atoms with Crippen LogP contribution in [-0.4, -0.2) is 12.0 Å². The maximum Gasteiger partial charge on any atom is 0.170 e. The number of hydrogen-bond donors (Lipinski definition) is 0. The van der Waals surface area contributed by atoms with E-state index < -0.39 is 0 Å². The number of ketones is 1. The highest BCUT2D eigenvalue weighted by atomic mass is 16.1. The second-order valence-electron chi connectivity index (χ2n) is 3.57. The largest absolute Gasteiger partial charge is 0.293 e. The van der Waals surface area contributed by atoms with Gasteiger partial charge in [-0.3, -0.25) is 9.79 Å². The number of carbonyl (C=O) groups excluding carboxylic acids is 1. The fourth-order valence-electron chi connectivity index (χ4n) is 1.25. The number of nitrogens with zero attached hydrogens (tertiary/aromatic N) is 1. The summed E-state index contributed by atoms with van der Waals surface area (Å²) in [6.45, 7) is 7.69. The van der Waals surface area contributed by atoms with Crippen LogP contribution in [0.25, 0.3) is 0 Å². The molecule has 0 aliphatic carbocycles. The summed E-state index contributed by atoms with van der Waals surface area (Å²) in [6.07, 6.45) is 1.35. The van der Waals surface area contributed by atoms with Crippen LogP contribution in [-0.2, 0) is 4.79 Å². The van der Waals surface area contributed by atoms with E-state index in [1.165, 1.54) is 29.8 Å². The van der Waals surface area contributed by atoms with Gasteiger partial charge in [0.25, 0.3) is 0 Å². The first-order valence-corrected chi connectivity index (χ1v) is 4.63. The Morgan fingerprint density at radius 2 is 1.71 bits per heavy atom. The Bertz CT molecular complexity index is 368. The average Bonchev–Trinajstić information content (AvgIpc) is 2.10. The van der Waals surface area contributed by atoms with E-state index in [0.29, 0.717) is 0 Å². The van der Waals surface area contributed by atoms with Gasteiger partial charge in [0.1, 0.15) is 0 Å². The van der Waals surface area contributed by atoms with E-state index in [4.69, 9.17) is 0 Å². The van der Waals surface area contributed by atoms with E-state index in [-0.39, 0.29) is 5.78 Å². The van der Waals surface area contributed by atoms with Gasteiger partial charge in [-0.25, -0.2) is 0 Å². The summed E-state index contributed by atoms with van der Waals surface area (Å²) in [5.74, 6) is -0.0270. The second-order valence-corrected chi connectivity index (χ2v) is 3.57. The molecule has 0 aliphatic heterocycles. The Morgan fingerprint density at radius 1 is 1.21 bits per heavy atom. The average molecular weight is 189 g/mol. The van der Waals surface area contributed by atoms with Crippen molar-refractivity contribution < 1.29 is 4.79 Å². The van der Waals surface area contributed by atoms with Crippen LogP contribution in [0.15, 0.2) is 17.1 Å². The summed E-state index contributed by atoms with van der Waals surface area (Å²) in [4.78, 5) is 14.8. The third-order valence-electron chi connectivity index (χ3n) is 2.31. The number of benzene rings is 1. The zero-order valence-corrected chi connectivity index (χ0v) is 9.09. The van der Waals surface area contributed by atoms with Crippen LogP contribution >= 0.6 is 0 Å². The van der Waals surface area contributed by atoms with Crippen molar-refractivity contribution in [1.82, 2.24) is 0 Å². The van der Waals surface area contributed by atoms with Gasteiger partial charge in [-0.05, 0) is 49.6 Å². The molecular formula is C12H15NO. The predicted molar refractivity (Wildman–Crippen MR) is 59.5 cm³/mol. The molecule has 0 fully saturated rings. The van der Waals surface area contributed by atoms with Gasteiger partial charge in [0.15, 0.2) is 5.78 Å². The van der Waals surface area contributed by atoms with Crippen LogP contribution < -0.4 is 0 Å². The predicted octanol–water partition coefficient (Wildman–Crippen LogP) is 2.90. The Kier molecular flexibility index (Phi) is 3.18. The standard InChI is InChI=1S/C12H15NO/c1-8-5-12(13-7-10(3)14)6-9(2)11(8)4/h5-7H,1-4H3. The molecule has 0 N–H and O–H groups in total. The number of aryl methyl sites for hydroxylation is 2. The molecule has 1 aromatic carbocycles. The molecule has 0 atom stereocenters. The number of carbonyl (C=O) groups is 1. The zero-order valence-electron chi connectivity index (χ0n) is 9.09. The van der Waals surface area contributed by atoms with Crippen LogP contribution in [0, 0.1) is 20.8 Å². The van der Waals surface area contributed by atoms with E-state index in [1.807, 2.05) is 12.1 Å². The normalized spacial score (nSPS) is 10.9. The summed E-state index contributed by atoms with van der Waals surface area (Å²) in [5.41, 5.74) is 4.55. The van der Waals surface area contributed by atoms with Crippen molar-refractivity contribution in [3.8, 4) is 0 Å². The molecule has 0 unspecified atom stereocenters. The fraction of sp³-hybridized carbons (Fsp3) is 0.333. The minimum Gasteiger partial charge on any atom is -0.293 e. The molecule has 0 heterocycles. The minimum atomic E-state index is -0.0270. The van der Waals surface area contributed by atoms with E-state index in [1.54, 1.807) is 0 Å². The Labute approximate surface area is 84.7 Å². The number of Topliss-reactive ketones (excluding diaryl/α,β-unsaturated/α-hetero) is 1. The van der Waals surface area contributed by atoms with Crippen LogP contribution in [0.5, 0.6) is 0 Å². The van der Waals surface area contributed by atoms with E-state index in [0.717, 1.165) is 5.69 Å². The van der Waals surface area contributed by atoms with Crippen LogP contribution in [0.2, 0.25) is 0 Å². The maximum atomic E-state index is 10.7. The van der Waals surface area contributed by atoms with E-state index in [2.05, 4.69) is 25.8 Å². The molecule has 0 bridgehead atoms. The SMILES string of the molecule is CC(=O)C=Nc1cc(C)c(C)c(C)c1. The summed E-state index contributed by atoms with van der Waals surface area (Å²) < 4.78 is 0. The molecule has 0 radical (unpaired) electrons. The van der Waals surface area contributed by atoms with Gasteiger partial charge in [-0.15, -0.1) is 0 Å². The Morgan fingerprint density at radius 3 is 2.14 bits per heavy atom. The molecule has 74 valence electrons. The molecule has 0 aromatic heterocycles. The van der Waals surface area contributed by atoms with Crippen LogP contribution in [0.3, 0.4) is 0 Å². The summed E-state index contributed by atoms with van der Waals surface area (Å²) in [5, 5.41) is 0. The summed E-state index contributed by atoms with van der Waals surface area (Å²) in [6, 6.07) is 3.98. The third kappa shape index (κ3) is 2.52. The molecule has 0 spiro atoms. The molecular weight excluding hydrogens is 174 g/mol. The Balaban J connectivity index is 3.07. The summed E-state index contributed by atoms with van der Waals surface area (Å²) in [7, 11) is 0. The molecule has 0 aliphatic rings. The van der Waals surface area contributed by atoms with E-state index in [9.17, 15) is 4.79 Å². The van der Waals surface area contributed by atoms with Crippen molar-refractivity contribution >= 4 is 17.7 Å². The first-order chi connectivity index (χ1) is 6.50. The van der Waals surface area contributed by atoms with Gasteiger partial charge >= 0.3 is 0 Å². The van der Waals surface area contributed by atoms with Crippen molar-refractivity contribution in [3.63, 3.8) is 0 Å². The lowest BCUT2D eigenvalue weighted by Gasteiger charge is -2.05. The van der Waals surface area contributed by atoms with Gasteiger partial charge in [0.2, 0.25) is 0 Å². The lowest BCUT2D eigenvalue weighted by molar-refractivity contribution is -0.110. The number of aliphatic imine (C=N–C) groups is 1. The van der Waals surface area contributed by atoms with Gasteiger partial charge < -0.3 is 0 Å². The quantitative estimate of drug-likeness (QED) is 0.658. The lowest BCUT2D eigenvalue weighted by Crippen LogP contribution is -1.90. The van der Waals surface area contributed by atoms with Crippen molar-refractivity contribution in [2.24, 2.45) is 4.99 Å². The van der Waals surface area contributed by atoms with Gasteiger partial charge in [-0.1, -0.05) is 0 Å². The van der Waals surface area contributed by atoms with Gasteiger partial charge in [-0.2, -0.15) is 0 Å². The first kappa shape index (κ1) is 10.6. The third-order valence-corrected chi connectivity index (χ3v) is 2.31. The highest BCUT2D eigenvalue weighted by molar-refractivity contribution is 6.26. The number of hydrogen-bond acceptors (Lipinski definition) is 2. The second kappa shape index (κ2) is 4.18. The highest BCUT2D eigenvalue weighted by Gasteiger charge is 1.99. The van der Waals surface area contributed by atoms with Crippen LogP contribution in [0.1, 0.15) is 23.6 Å². The minimum absolute atomic E-state index is 0.0270. The van der Waals surface area contributed by atoms with Crippen LogP contribution in [0.4, 0.5) is 5.69 Å². The molecule has 2 nitrogen and oxygen atoms in total. The van der Waals surface area contributed by atoms with Crippen molar-refractivity contribution in [3.05, 3.63) is 28.8 Å². The van der Waals surface area contributed by atoms with Crippen molar-refractivity contribution in [2.45, 2.75) is 27.7 Å². The highest BCUT2D eigenvalue weighted by Crippen LogP contribution is 2.20. The van der Waals surface area contributed by atoms with Crippen molar-refractivity contribution in [1.29, 1.82) is 0 Å². The Hall–Kier alpha value is -1.44. The molecule has 0 saturated carbocycles. The summed E-state index contributed by atoms with van der Waals surface area (Å²) >= 11 is 0. The fourth-order valence-corrected chi connectivity index (χ4v) is 1.25. The maximum absolute atomic E-state index is 10.7.